The van der Waals surface area contributed by atoms with Crippen molar-refractivity contribution < 1.29 is 9.13 Å². The SMILES string of the molecule is Fc1ccc(-c2nnc(SCC3CCCCC3)n2CC2CCCO2)cc1. The maximum absolute atomic E-state index is 13.3. The summed E-state index contributed by atoms with van der Waals surface area (Å²) >= 11 is 1.82. The van der Waals surface area contributed by atoms with E-state index in [4.69, 9.17) is 4.74 Å². The minimum atomic E-state index is -0.231. The Kier molecular flexibility index (Phi) is 5.90. The summed E-state index contributed by atoms with van der Waals surface area (Å²) in [6.45, 7) is 1.61. The van der Waals surface area contributed by atoms with Crippen LogP contribution in [0.25, 0.3) is 11.4 Å². The Morgan fingerprint density at radius 3 is 2.58 bits per heavy atom. The highest BCUT2D eigenvalue weighted by atomic mass is 32.2. The minimum absolute atomic E-state index is 0.222. The van der Waals surface area contributed by atoms with Crippen molar-refractivity contribution in [3.8, 4) is 11.4 Å². The van der Waals surface area contributed by atoms with Crippen molar-refractivity contribution in [2.75, 3.05) is 12.4 Å². The zero-order valence-corrected chi connectivity index (χ0v) is 15.9. The maximum Gasteiger partial charge on any atom is 0.191 e. The number of halogens is 1. The molecule has 1 aromatic carbocycles. The number of hydrogen-bond acceptors (Lipinski definition) is 4. The number of rotatable bonds is 6. The van der Waals surface area contributed by atoms with Crippen LogP contribution >= 0.6 is 11.8 Å². The molecule has 1 aliphatic heterocycles. The van der Waals surface area contributed by atoms with Crippen molar-refractivity contribution >= 4 is 11.8 Å². The van der Waals surface area contributed by atoms with Crippen LogP contribution in [0.2, 0.25) is 0 Å². The van der Waals surface area contributed by atoms with E-state index < -0.39 is 0 Å². The first-order valence-corrected chi connectivity index (χ1v) is 10.7. The van der Waals surface area contributed by atoms with Gasteiger partial charge in [0.2, 0.25) is 0 Å². The molecule has 1 saturated carbocycles. The molecular formula is C20H26FN3OS. The fraction of sp³-hybridized carbons (Fsp3) is 0.600. The second kappa shape index (κ2) is 8.53. The van der Waals surface area contributed by atoms with Crippen LogP contribution in [0.1, 0.15) is 44.9 Å². The van der Waals surface area contributed by atoms with E-state index in [0.29, 0.717) is 0 Å². The van der Waals surface area contributed by atoms with Crippen LogP contribution in [0.15, 0.2) is 29.4 Å². The Bertz CT molecular complexity index is 706. The largest absolute Gasteiger partial charge is 0.376 e. The highest BCUT2D eigenvalue weighted by Gasteiger charge is 2.23. The van der Waals surface area contributed by atoms with Crippen LogP contribution in [-0.4, -0.2) is 33.2 Å². The van der Waals surface area contributed by atoms with Gasteiger partial charge in [-0.05, 0) is 55.9 Å². The molecular weight excluding hydrogens is 349 g/mol. The van der Waals surface area contributed by atoms with Gasteiger partial charge in [-0.3, -0.25) is 4.57 Å². The molecule has 140 valence electrons. The molecule has 1 aromatic heterocycles. The highest BCUT2D eigenvalue weighted by molar-refractivity contribution is 7.99. The van der Waals surface area contributed by atoms with Gasteiger partial charge in [0.05, 0.1) is 12.6 Å². The Labute approximate surface area is 158 Å². The van der Waals surface area contributed by atoms with Crippen LogP contribution in [-0.2, 0) is 11.3 Å². The zero-order valence-electron chi connectivity index (χ0n) is 15.1. The van der Waals surface area contributed by atoms with E-state index >= 15 is 0 Å². The lowest BCUT2D eigenvalue weighted by Gasteiger charge is -2.21. The fourth-order valence-corrected chi connectivity index (χ4v) is 5.04. The lowest BCUT2D eigenvalue weighted by atomic mass is 9.91. The maximum atomic E-state index is 13.3. The molecule has 2 aliphatic rings. The van der Waals surface area contributed by atoms with E-state index in [1.54, 1.807) is 12.1 Å². The average molecular weight is 376 g/mol. The van der Waals surface area contributed by atoms with Gasteiger partial charge in [0, 0.05) is 17.9 Å². The standard InChI is InChI=1S/C20H26FN3OS/c21-17-10-8-16(9-11-17)19-22-23-20(24(19)13-18-7-4-12-25-18)26-14-15-5-2-1-3-6-15/h8-11,15,18H,1-7,12-14H2. The number of benzene rings is 1. The van der Waals surface area contributed by atoms with Crippen molar-refractivity contribution in [2.45, 2.75) is 62.8 Å². The van der Waals surface area contributed by atoms with Gasteiger partial charge in [-0.2, -0.15) is 0 Å². The summed E-state index contributed by atoms with van der Waals surface area (Å²) in [6.07, 6.45) is 9.17. The minimum Gasteiger partial charge on any atom is -0.376 e. The van der Waals surface area contributed by atoms with Crippen LogP contribution in [0.4, 0.5) is 4.39 Å². The van der Waals surface area contributed by atoms with Gasteiger partial charge in [-0.25, -0.2) is 4.39 Å². The Morgan fingerprint density at radius 1 is 1.04 bits per heavy atom. The average Bonchev–Trinajstić information content (AvgIpc) is 3.32. The van der Waals surface area contributed by atoms with Crippen molar-refractivity contribution in [1.29, 1.82) is 0 Å². The van der Waals surface area contributed by atoms with Crippen LogP contribution in [0.5, 0.6) is 0 Å². The van der Waals surface area contributed by atoms with Crippen LogP contribution < -0.4 is 0 Å². The summed E-state index contributed by atoms with van der Waals surface area (Å²) < 4.78 is 21.3. The third-order valence-corrected chi connectivity index (χ3v) is 6.60. The summed E-state index contributed by atoms with van der Waals surface area (Å²) in [5.74, 6) is 2.47. The van der Waals surface area contributed by atoms with E-state index in [2.05, 4.69) is 14.8 Å². The van der Waals surface area contributed by atoms with Crippen molar-refractivity contribution in [2.24, 2.45) is 5.92 Å². The molecule has 26 heavy (non-hydrogen) atoms. The molecule has 0 amide bonds. The summed E-state index contributed by atoms with van der Waals surface area (Å²) in [6, 6.07) is 6.52. The third kappa shape index (κ3) is 4.29. The normalized spacial score (nSPS) is 21.3. The van der Waals surface area contributed by atoms with Crippen LogP contribution in [0.3, 0.4) is 0 Å². The summed E-state index contributed by atoms with van der Waals surface area (Å²) in [5.41, 5.74) is 0.904. The molecule has 0 bridgehead atoms. The molecule has 0 radical (unpaired) electrons. The fourth-order valence-electron chi connectivity index (χ4n) is 3.91. The molecule has 0 N–H and O–H groups in total. The summed E-state index contributed by atoms with van der Waals surface area (Å²) in [4.78, 5) is 0. The smallest absolute Gasteiger partial charge is 0.191 e. The molecule has 0 spiro atoms. The molecule has 2 aromatic rings. The first kappa shape index (κ1) is 18.0. The molecule has 6 heteroatoms. The summed E-state index contributed by atoms with van der Waals surface area (Å²) in [7, 11) is 0. The first-order chi connectivity index (χ1) is 12.8. The van der Waals surface area contributed by atoms with E-state index in [0.717, 1.165) is 54.2 Å². The van der Waals surface area contributed by atoms with Gasteiger partial charge >= 0.3 is 0 Å². The first-order valence-electron chi connectivity index (χ1n) is 9.73. The topological polar surface area (TPSA) is 39.9 Å². The van der Waals surface area contributed by atoms with Gasteiger partial charge < -0.3 is 4.74 Å². The molecule has 1 unspecified atom stereocenters. The Morgan fingerprint density at radius 2 is 1.85 bits per heavy atom. The number of aromatic nitrogens is 3. The van der Waals surface area contributed by atoms with Crippen molar-refractivity contribution in [1.82, 2.24) is 14.8 Å². The number of thioether (sulfide) groups is 1. The second-order valence-corrected chi connectivity index (χ2v) is 8.36. The predicted octanol–water partition coefficient (Wildman–Crippen LogP) is 4.94. The number of hydrogen-bond donors (Lipinski definition) is 0. The Hall–Kier alpha value is -1.40. The third-order valence-electron chi connectivity index (χ3n) is 5.40. The molecule has 4 nitrogen and oxygen atoms in total. The van der Waals surface area contributed by atoms with Crippen molar-refractivity contribution in [3.05, 3.63) is 30.1 Å². The Balaban J connectivity index is 1.54. The van der Waals surface area contributed by atoms with E-state index in [-0.39, 0.29) is 11.9 Å². The molecule has 1 atom stereocenters. The van der Waals surface area contributed by atoms with Gasteiger partial charge in [-0.1, -0.05) is 31.0 Å². The van der Waals surface area contributed by atoms with Gasteiger partial charge in [-0.15, -0.1) is 10.2 Å². The quantitative estimate of drug-likeness (QED) is 0.671. The van der Waals surface area contributed by atoms with E-state index in [1.165, 1.54) is 44.2 Å². The lowest BCUT2D eigenvalue weighted by Crippen LogP contribution is -2.17. The highest BCUT2D eigenvalue weighted by Crippen LogP contribution is 2.31. The molecule has 1 aliphatic carbocycles. The summed E-state index contributed by atoms with van der Waals surface area (Å²) in [5, 5.41) is 9.87. The monoisotopic (exact) mass is 375 g/mol. The van der Waals surface area contributed by atoms with Gasteiger partial charge in [0.25, 0.3) is 0 Å². The molecule has 1 saturated heterocycles. The second-order valence-electron chi connectivity index (χ2n) is 7.37. The molecule has 2 fully saturated rings. The van der Waals surface area contributed by atoms with Crippen molar-refractivity contribution in [3.63, 3.8) is 0 Å². The number of nitrogens with zero attached hydrogens (tertiary/aromatic N) is 3. The zero-order chi connectivity index (χ0) is 17.8. The van der Waals surface area contributed by atoms with Gasteiger partial charge in [0.1, 0.15) is 5.82 Å². The van der Waals surface area contributed by atoms with Crippen LogP contribution in [0, 0.1) is 11.7 Å². The predicted molar refractivity (Wildman–Crippen MR) is 102 cm³/mol. The number of ether oxygens (including phenoxy) is 1. The molecule has 2 heterocycles. The van der Waals surface area contributed by atoms with E-state index in [9.17, 15) is 4.39 Å². The molecule has 4 rings (SSSR count). The van der Waals surface area contributed by atoms with Gasteiger partial charge in [0.15, 0.2) is 11.0 Å². The van der Waals surface area contributed by atoms with E-state index in [1.807, 2.05) is 11.8 Å². The lowest BCUT2D eigenvalue weighted by molar-refractivity contribution is 0.0953.